The summed E-state index contributed by atoms with van der Waals surface area (Å²) >= 11 is 5.25. The van der Waals surface area contributed by atoms with Gasteiger partial charge in [-0.2, -0.15) is 0 Å². The predicted molar refractivity (Wildman–Crippen MR) is 90.9 cm³/mol. The largest absolute Gasteiger partial charge is 0.480 e. The lowest BCUT2D eigenvalue weighted by Crippen LogP contribution is -2.52. The molecule has 0 radical (unpaired) electrons. The van der Waals surface area contributed by atoms with E-state index in [0.29, 0.717) is 18.9 Å². The Balaban J connectivity index is 1.82. The van der Waals surface area contributed by atoms with E-state index in [1.54, 1.807) is 11.8 Å². The highest BCUT2D eigenvalue weighted by Crippen LogP contribution is 2.29. The Morgan fingerprint density at radius 3 is 2.86 bits per heavy atom. The van der Waals surface area contributed by atoms with Crippen molar-refractivity contribution in [3.05, 3.63) is 28.7 Å². The topological polar surface area (TPSA) is 49.3 Å². The molecular formula is C16H22BrNO2S. The molecule has 116 valence electrons. The molecule has 1 fully saturated rings. The smallest absolute Gasteiger partial charge is 0.323 e. The molecule has 0 saturated heterocycles. The van der Waals surface area contributed by atoms with Crippen molar-refractivity contribution in [3.63, 3.8) is 0 Å². The van der Waals surface area contributed by atoms with Gasteiger partial charge in [-0.25, -0.2) is 0 Å². The molecule has 21 heavy (non-hydrogen) atoms. The molecule has 1 saturated carbocycles. The van der Waals surface area contributed by atoms with Crippen LogP contribution in [0.1, 0.15) is 39.0 Å². The van der Waals surface area contributed by atoms with E-state index in [0.717, 1.165) is 29.5 Å². The van der Waals surface area contributed by atoms with Gasteiger partial charge in [-0.1, -0.05) is 28.9 Å². The third kappa shape index (κ3) is 5.01. The Morgan fingerprint density at radius 1 is 1.52 bits per heavy atom. The summed E-state index contributed by atoms with van der Waals surface area (Å²) in [7, 11) is 0. The van der Waals surface area contributed by atoms with Crippen molar-refractivity contribution in [1.82, 2.24) is 5.32 Å². The third-order valence-corrected chi connectivity index (χ3v) is 5.46. The Bertz CT molecular complexity index is 493. The van der Waals surface area contributed by atoms with E-state index < -0.39 is 11.5 Å². The predicted octanol–water partition coefficient (Wildman–Crippen LogP) is 4.31. The molecule has 0 aliphatic heterocycles. The molecule has 0 spiro atoms. The van der Waals surface area contributed by atoms with Gasteiger partial charge in [0.15, 0.2) is 0 Å². The van der Waals surface area contributed by atoms with E-state index in [1.165, 1.54) is 4.90 Å². The van der Waals surface area contributed by atoms with Gasteiger partial charge in [-0.3, -0.25) is 10.1 Å². The van der Waals surface area contributed by atoms with E-state index in [4.69, 9.17) is 0 Å². The van der Waals surface area contributed by atoms with Crippen LogP contribution in [0.15, 0.2) is 33.6 Å². The highest BCUT2D eigenvalue weighted by Gasteiger charge is 2.40. The first kappa shape index (κ1) is 16.8. The van der Waals surface area contributed by atoms with Gasteiger partial charge in [0.25, 0.3) is 0 Å². The molecule has 2 rings (SSSR count). The lowest BCUT2D eigenvalue weighted by Gasteiger charge is -2.29. The maximum Gasteiger partial charge on any atom is 0.323 e. The maximum atomic E-state index is 11.6. The summed E-state index contributed by atoms with van der Waals surface area (Å²) in [4.78, 5) is 12.9. The molecular weight excluding hydrogens is 350 g/mol. The Hall–Kier alpha value is -0.520. The molecule has 0 bridgehead atoms. The SMILES string of the molecule is CCC(CCCSc1cccc(Br)c1)(NC1CC1)C(=O)O. The van der Waals surface area contributed by atoms with Crippen LogP contribution in [0.5, 0.6) is 0 Å². The van der Waals surface area contributed by atoms with Crippen LogP contribution in [0.3, 0.4) is 0 Å². The molecule has 1 aliphatic rings. The fourth-order valence-corrected chi connectivity index (χ4v) is 3.87. The quantitative estimate of drug-likeness (QED) is 0.501. The van der Waals surface area contributed by atoms with Crippen molar-refractivity contribution in [3.8, 4) is 0 Å². The molecule has 1 aromatic carbocycles. The zero-order chi connectivity index (χ0) is 15.3. The summed E-state index contributed by atoms with van der Waals surface area (Å²) < 4.78 is 1.08. The van der Waals surface area contributed by atoms with Gasteiger partial charge in [0.1, 0.15) is 5.54 Å². The Labute approximate surface area is 139 Å². The number of aliphatic carboxylic acids is 1. The molecule has 0 amide bonds. The summed E-state index contributed by atoms with van der Waals surface area (Å²) in [5, 5.41) is 12.9. The normalized spacial score (nSPS) is 17.4. The van der Waals surface area contributed by atoms with Crippen LogP contribution in [0.2, 0.25) is 0 Å². The molecule has 0 heterocycles. The summed E-state index contributed by atoms with van der Waals surface area (Å²) in [5.41, 5.74) is -0.737. The molecule has 0 aromatic heterocycles. The summed E-state index contributed by atoms with van der Waals surface area (Å²) in [6, 6.07) is 8.63. The Kier molecular flexibility index (Phi) is 6.14. The van der Waals surface area contributed by atoms with E-state index in [9.17, 15) is 9.90 Å². The van der Waals surface area contributed by atoms with Crippen LogP contribution in [-0.4, -0.2) is 28.4 Å². The number of benzene rings is 1. The average Bonchev–Trinajstić information content (AvgIpc) is 3.26. The molecule has 3 nitrogen and oxygen atoms in total. The van der Waals surface area contributed by atoms with Crippen molar-refractivity contribution in [2.24, 2.45) is 0 Å². The molecule has 1 atom stereocenters. The number of thioether (sulfide) groups is 1. The van der Waals surface area contributed by atoms with Crippen molar-refractivity contribution in [2.75, 3.05) is 5.75 Å². The zero-order valence-corrected chi connectivity index (χ0v) is 14.7. The van der Waals surface area contributed by atoms with Crippen LogP contribution in [0.25, 0.3) is 0 Å². The molecule has 2 N–H and O–H groups in total. The minimum absolute atomic E-state index is 0.416. The number of carboxylic acids is 1. The maximum absolute atomic E-state index is 11.6. The molecule has 1 aliphatic carbocycles. The van der Waals surface area contributed by atoms with Crippen molar-refractivity contribution in [1.29, 1.82) is 0 Å². The van der Waals surface area contributed by atoms with Crippen LogP contribution in [0.4, 0.5) is 0 Å². The number of nitrogens with one attached hydrogen (secondary N) is 1. The van der Waals surface area contributed by atoms with Crippen LogP contribution >= 0.6 is 27.7 Å². The third-order valence-electron chi connectivity index (χ3n) is 3.88. The van der Waals surface area contributed by atoms with E-state index >= 15 is 0 Å². The lowest BCUT2D eigenvalue weighted by atomic mass is 9.90. The first-order valence-electron chi connectivity index (χ1n) is 7.45. The average molecular weight is 372 g/mol. The standard InChI is InChI=1S/C16H22BrNO2S/c1-2-16(15(19)20,18-13-7-8-13)9-4-10-21-14-6-3-5-12(17)11-14/h3,5-6,11,13,18H,2,4,7-10H2,1H3,(H,19,20). The van der Waals surface area contributed by atoms with Gasteiger partial charge < -0.3 is 5.11 Å². The number of hydrogen-bond acceptors (Lipinski definition) is 3. The minimum atomic E-state index is -0.737. The second kappa shape index (κ2) is 7.65. The van der Waals surface area contributed by atoms with Crippen LogP contribution in [0, 0.1) is 0 Å². The van der Waals surface area contributed by atoms with Gasteiger partial charge in [-0.05, 0) is 56.1 Å². The van der Waals surface area contributed by atoms with E-state index in [-0.39, 0.29) is 0 Å². The van der Waals surface area contributed by atoms with Gasteiger partial charge in [0, 0.05) is 15.4 Å². The summed E-state index contributed by atoms with van der Waals surface area (Å²) in [5.74, 6) is 0.238. The van der Waals surface area contributed by atoms with Gasteiger partial charge >= 0.3 is 5.97 Å². The van der Waals surface area contributed by atoms with E-state index in [1.807, 2.05) is 19.1 Å². The van der Waals surface area contributed by atoms with Crippen molar-refractivity contribution < 1.29 is 9.90 Å². The fourth-order valence-electron chi connectivity index (χ4n) is 2.41. The number of rotatable bonds is 9. The Morgan fingerprint density at radius 2 is 2.29 bits per heavy atom. The first-order chi connectivity index (χ1) is 10.1. The van der Waals surface area contributed by atoms with Gasteiger partial charge in [0.2, 0.25) is 0 Å². The molecule has 1 aromatic rings. The number of carbonyl (C=O) groups is 1. The first-order valence-corrected chi connectivity index (χ1v) is 9.23. The van der Waals surface area contributed by atoms with Crippen LogP contribution < -0.4 is 5.32 Å². The monoisotopic (exact) mass is 371 g/mol. The van der Waals surface area contributed by atoms with E-state index in [2.05, 4.69) is 33.4 Å². The number of carboxylic acid groups (broad SMARTS) is 1. The number of hydrogen-bond donors (Lipinski definition) is 2. The minimum Gasteiger partial charge on any atom is -0.480 e. The number of halogens is 1. The zero-order valence-electron chi connectivity index (χ0n) is 12.3. The highest BCUT2D eigenvalue weighted by molar-refractivity contribution is 9.10. The molecule has 5 heteroatoms. The summed E-state index contributed by atoms with van der Waals surface area (Å²) in [6.07, 6.45) is 4.46. The second-order valence-electron chi connectivity index (χ2n) is 5.57. The molecule has 1 unspecified atom stereocenters. The second-order valence-corrected chi connectivity index (χ2v) is 7.65. The van der Waals surface area contributed by atoms with Gasteiger partial charge in [0.05, 0.1) is 0 Å². The lowest BCUT2D eigenvalue weighted by molar-refractivity contribution is -0.145. The fraction of sp³-hybridized carbons (Fsp3) is 0.562. The summed E-state index contributed by atoms with van der Waals surface area (Å²) in [6.45, 7) is 1.96. The highest BCUT2D eigenvalue weighted by atomic mass is 79.9. The van der Waals surface area contributed by atoms with Gasteiger partial charge in [-0.15, -0.1) is 11.8 Å². The van der Waals surface area contributed by atoms with Crippen molar-refractivity contribution >= 4 is 33.7 Å². The van der Waals surface area contributed by atoms with Crippen molar-refractivity contribution in [2.45, 2.75) is 55.5 Å². The van der Waals surface area contributed by atoms with Crippen LogP contribution in [-0.2, 0) is 4.79 Å².